The fraction of sp³-hybridized carbons (Fsp3) is 0.455. The average molecular weight is 258 g/mol. The van der Waals surface area contributed by atoms with Gasteiger partial charge >= 0.3 is 0 Å². The van der Waals surface area contributed by atoms with Crippen molar-refractivity contribution >= 4 is 15.9 Å². The minimum absolute atomic E-state index is 0.136. The van der Waals surface area contributed by atoms with Gasteiger partial charge in [-0.05, 0) is 37.4 Å². The van der Waals surface area contributed by atoms with Gasteiger partial charge in [0.25, 0.3) is 0 Å². The second kappa shape index (κ2) is 4.41. The molecule has 0 spiro atoms. The second-order valence-corrected chi connectivity index (χ2v) is 4.73. The summed E-state index contributed by atoms with van der Waals surface area (Å²) in [5.74, 6) is 0.705. The highest BCUT2D eigenvalue weighted by Crippen LogP contribution is 2.27. The molecular formula is C11H13BrFN. The molecule has 1 aliphatic rings. The van der Waals surface area contributed by atoms with Gasteiger partial charge in [-0.2, -0.15) is 0 Å². The molecule has 0 aromatic heterocycles. The lowest BCUT2D eigenvalue weighted by Crippen LogP contribution is -2.16. The van der Waals surface area contributed by atoms with Gasteiger partial charge in [0.2, 0.25) is 0 Å². The van der Waals surface area contributed by atoms with Gasteiger partial charge in [0.15, 0.2) is 0 Å². The summed E-state index contributed by atoms with van der Waals surface area (Å²) >= 11 is 3.24. The van der Waals surface area contributed by atoms with E-state index in [9.17, 15) is 4.39 Å². The molecule has 0 aliphatic heterocycles. The summed E-state index contributed by atoms with van der Waals surface area (Å²) in [6.45, 7) is 1.66. The van der Waals surface area contributed by atoms with E-state index in [1.807, 2.05) is 12.1 Å². The van der Waals surface area contributed by atoms with Gasteiger partial charge in [-0.25, -0.2) is 4.39 Å². The molecule has 2 rings (SSSR count). The zero-order chi connectivity index (χ0) is 9.97. The third-order valence-corrected chi connectivity index (χ3v) is 2.95. The monoisotopic (exact) mass is 257 g/mol. The van der Waals surface area contributed by atoms with Crippen molar-refractivity contribution in [2.24, 2.45) is 5.92 Å². The number of hydrogen-bond donors (Lipinski definition) is 1. The van der Waals surface area contributed by atoms with E-state index in [1.54, 1.807) is 0 Å². The Morgan fingerprint density at radius 2 is 2.21 bits per heavy atom. The van der Waals surface area contributed by atoms with Gasteiger partial charge in [-0.15, -0.1) is 0 Å². The number of nitrogens with one attached hydrogen (secondary N) is 1. The Balaban J connectivity index is 1.87. The first-order valence-electron chi connectivity index (χ1n) is 4.90. The van der Waals surface area contributed by atoms with Crippen molar-refractivity contribution in [3.63, 3.8) is 0 Å². The van der Waals surface area contributed by atoms with Crippen LogP contribution in [0.15, 0.2) is 22.7 Å². The molecule has 3 heteroatoms. The van der Waals surface area contributed by atoms with Crippen molar-refractivity contribution in [2.45, 2.75) is 19.4 Å². The third kappa shape index (κ3) is 2.79. The van der Waals surface area contributed by atoms with Crippen LogP contribution in [0.2, 0.25) is 0 Å². The van der Waals surface area contributed by atoms with E-state index in [-0.39, 0.29) is 5.82 Å². The fourth-order valence-corrected chi connectivity index (χ4v) is 1.73. The molecule has 1 aliphatic carbocycles. The van der Waals surface area contributed by atoms with Crippen LogP contribution >= 0.6 is 15.9 Å². The Kier molecular flexibility index (Phi) is 3.19. The highest BCUT2D eigenvalue weighted by Gasteiger charge is 2.20. The first-order valence-corrected chi connectivity index (χ1v) is 5.69. The maximum atomic E-state index is 13.3. The van der Waals surface area contributed by atoms with E-state index < -0.39 is 0 Å². The minimum Gasteiger partial charge on any atom is -0.312 e. The Hall–Kier alpha value is -0.410. The lowest BCUT2D eigenvalue weighted by Gasteiger charge is -2.05. The molecule has 1 fully saturated rings. The highest BCUT2D eigenvalue weighted by molar-refractivity contribution is 9.10. The lowest BCUT2D eigenvalue weighted by atomic mass is 10.2. The fourth-order valence-electron chi connectivity index (χ4n) is 1.40. The van der Waals surface area contributed by atoms with E-state index in [4.69, 9.17) is 0 Å². The predicted octanol–water partition coefficient (Wildman–Crippen LogP) is 3.09. The van der Waals surface area contributed by atoms with Crippen LogP contribution in [0.1, 0.15) is 18.4 Å². The Morgan fingerprint density at radius 1 is 1.43 bits per heavy atom. The zero-order valence-corrected chi connectivity index (χ0v) is 9.48. The van der Waals surface area contributed by atoms with Crippen molar-refractivity contribution in [3.05, 3.63) is 34.1 Å². The molecule has 0 heterocycles. The van der Waals surface area contributed by atoms with Crippen molar-refractivity contribution < 1.29 is 4.39 Å². The molecule has 1 aromatic rings. The SMILES string of the molecule is Fc1cc(Br)ccc1CNCC1CC1. The quantitative estimate of drug-likeness (QED) is 0.875. The van der Waals surface area contributed by atoms with Gasteiger partial charge in [-0.1, -0.05) is 22.0 Å². The van der Waals surface area contributed by atoms with Crippen LogP contribution in [0.4, 0.5) is 4.39 Å². The largest absolute Gasteiger partial charge is 0.312 e. The van der Waals surface area contributed by atoms with Crippen molar-refractivity contribution in [1.82, 2.24) is 5.32 Å². The van der Waals surface area contributed by atoms with Crippen LogP contribution in [-0.4, -0.2) is 6.54 Å². The van der Waals surface area contributed by atoms with E-state index in [0.717, 1.165) is 22.5 Å². The van der Waals surface area contributed by atoms with Crippen LogP contribution in [0.25, 0.3) is 0 Å². The summed E-state index contributed by atoms with van der Waals surface area (Å²) < 4.78 is 14.1. The standard InChI is InChI=1S/C11H13BrFN/c12-10-4-3-9(11(13)5-10)7-14-6-8-1-2-8/h3-5,8,14H,1-2,6-7H2. The summed E-state index contributed by atoms with van der Waals surface area (Å²) in [6.07, 6.45) is 2.66. The Bertz CT molecular complexity index is 323. The highest BCUT2D eigenvalue weighted by atomic mass is 79.9. The molecule has 0 radical (unpaired) electrons. The molecule has 0 bridgehead atoms. The first kappa shape index (κ1) is 10.1. The van der Waals surface area contributed by atoms with E-state index in [1.165, 1.54) is 18.9 Å². The Labute approximate surface area is 91.8 Å². The number of hydrogen-bond acceptors (Lipinski definition) is 1. The molecule has 0 amide bonds. The molecule has 14 heavy (non-hydrogen) atoms. The van der Waals surface area contributed by atoms with E-state index in [2.05, 4.69) is 21.2 Å². The van der Waals surface area contributed by atoms with Gasteiger partial charge in [0.1, 0.15) is 5.82 Å². The maximum absolute atomic E-state index is 13.3. The van der Waals surface area contributed by atoms with Crippen LogP contribution in [0.5, 0.6) is 0 Å². The van der Waals surface area contributed by atoms with Crippen molar-refractivity contribution in [1.29, 1.82) is 0 Å². The van der Waals surface area contributed by atoms with Gasteiger partial charge < -0.3 is 5.32 Å². The second-order valence-electron chi connectivity index (χ2n) is 3.81. The normalized spacial score (nSPS) is 15.9. The molecule has 1 N–H and O–H groups in total. The zero-order valence-electron chi connectivity index (χ0n) is 7.89. The number of halogens is 2. The molecule has 76 valence electrons. The number of rotatable bonds is 4. The van der Waals surface area contributed by atoms with E-state index >= 15 is 0 Å². The molecule has 0 atom stereocenters. The van der Waals surface area contributed by atoms with Crippen LogP contribution in [0.3, 0.4) is 0 Å². The molecule has 1 nitrogen and oxygen atoms in total. The van der Waals surface area contributed by atoms with Crippen LogP contribution < -0.4 is 5.32 Å². The molecule has 1 saturated carbocycles. The van der Waals surface area contributed by atoms with Gasteiger partial charge in [-0.3, -0.25) is 0 Å². The molecule has 1 aromatic carbocycles. The summed E-state index contributed by atoms with van der Waals surface area (Å²) in [6, 6.07) is 5.20. The topological polar surface area (TPSA) is 12.0 Å². The number of benzene rings is 1. The smallest absolute Gasteiger partial charge is 0.128 e. The van der Waals surface area contributed by atoms with Crippen molar-refractivity contribution in [2.75, 3.05) is 6.54 Å². The maximum Gasteiger partial charge on any atom is 0.128 e. The summed E-state index contributed by atoms with van der Waals surface area (Å²) in [7, 11) is 0. The predicted molar refractivity (Wildman–Crippen MR) is 58.5 cm³/mol. The molecule has 0 unspecified atom stereocenters. The van der Waals surface area contributed by atoms with E-state index in [0.29, 0.717) is 6.54 Å². The Morgan fingerprint density at radius 3 is 2.86 bits per heavy atom. The molecule has 0 saturated heterocycles. The first-order chi connectivity index (χ1) is 6.75. The van der Waals surface area contributed by atoms with Crippen LogP contribution in [-0.2, 0) is 6.54 Å². The summed E-state index contributed by atoms with van der Waals surface area (Å²) in [5.41, 5.74) is 0.744. The van der Waals surface area contributed by atoms with Crippen molar-refractivity contribution in [3.8, 4) is 0 Å². The summed E-state index contributed by atoms with van der Waals surface area (Å²) in [4.78, 5) is 0. The van der Waals surface area contributed by atoms with Crippen LogP contribution in [0, 0.1) is 11.7 Å². The average Bonchev–Trinajstić information content (AvgIpc) is 2.92. The molecular weight excluding hydrogens is 245 g/mol. The summed E-state index contributed by atoms with van der Waals surface area (Å²) in [5, 5.41) is 3.27. The minimum atomic E-state index is -0.136. The third-order valence-electron chi connectivity index (χ3n) is 2.46. The lowest BCUT2D eigenvalue weighted by molar-refractivity contribution is 0.577. The van der Waals surface area contributed by atoms with Gasteiger partial charge in [0, 0.05) is 16.6 Å². The van der Waals surface area contributed by atoms with Gasteiger partial charge in [0.05, 0.1) is 0 Å².